The minimum atomic E-state index is 0.0315. The van der Waals surface area contributed by atoms with Crippen LogP contribution in [0.2, 0.25) is 0 Å². The molecule has 1 aromatic carbocycles. The van der Waals surface area contributed by atoms with Crippen LogP contribution in [0.15, 0.2) is 47.8 Å². The van der Waals surface area contributed by atoms with Gasteiger partial charge in [-0.2, -0.15) is 0 Å². The van der Waals surface area contributed by atoms with Crippen LogP contribution in [-0.2, 0) is 0 Å². The van der Waals surface area contributed by atoms with Gasteiger partial charge in [-0.25, -0.2) is 4.98 Å². The first-order valence-corrected chi connectivity index (χ1v) is 5.98. The lowest BCUT2D eigenvalue weighted by Crippen LogP contribution is -2.15. The third-order valence-electron chi connectivity index (χ3n) is 2.94. The standard InChI is InChI=1S/C14H16N4O2/c1-18(11-5-3-4-6-12(11)20-2)13-8-7-10(9-16-13)14(15)17-19/h3-9,19H,1-2H3,(H2,15,17). The van der Waals surface area contributed by atoms with Crippen molar-refractivity contribution in [1.29, 1.82) is 0 Å². The number of aromatic nitrogens is 1. The van der Waals surface area contributed by atoms with E-state index in [0.717, 1.165) is 17.3 Å². The monoisotopic (exact) mass is 272 g/mol. The number of nitrogens with two attached hydrogens (primary N) is 1. The fourth-order valence-electron chi connectivity index (χ4n) is 1.82. The first-order valence-electron chi connectivity index (χ1n) is 5.98. The molecule has 20 heavy (non-hydrogen) atoms. The van der Waals surface area contributed by atoms with E-state index in [2.05, 4.69) is 10.1 Å². The van der Waals surface area contributed by atoms with E-state index >= 15 is 0 Å². The second-order valence-corrected chi connectivity index (χ2v) is 4.12. The van der Waals surface area contributed by atoms with Gasteiger partial charge >= 0.3 is 0 Å². The van der Waals surface area contributed by atoms with E-state index in [0.29, 0.717) is 5.56 Å². The lowest BCUT2D eigenvalue weighted by molar-refractivity contribution is 0.318. The van der Waals surface area contributed by atoms with Crippen LogP contribution in [0.3, 0.4) is 0 Å². The number of hydrogen-bond acceptors (Lipinski definition) is 5. The van der Waals surface area contributed by atoms with Gasteiger partial charge in [0.25, 0.3) is 0 Å². The largest absolute Gasteiger partial charge is 0.495 e. The van der Waals surface area contributed by atoms with Gasteiger partial charge in [0.2, 0.25) is 0 Å². The summed E-state index contributed by atoms with van der Waals surface area (Å²) in [5.74, 6) is 1.52. The Labute approximate surface area is 117 Å². The average molecular weight is 272 g/mol. The van der Waals surface area contributed by atoms with Gasteiger partial charge in [-0.05, 0) is 24.3 Å². The number of hydrogen-bond donors (Lipinski definition) is 2. The van der Waals surface area contributed by atoms with Crippen molar-refractivity contribution in [3.63, 3.8) is 0 Å². The zero-order chi connectivity index (χ0) is 14.5. The summed E-state index contributed by atoms with van der Waals surface area (Å²) in [5, 5.41) is 11.6. The van der Waals surface area contributed by atoms with E-state index < -0.39 is 0 Å². The van der Waals surface area contributed by atoms with Gasteiger partial charge in [-0.15, -0.1) is 0 Å². The highest BCUT2D eigenvalue weighted by atomic mass is 16.5. The van der Waals surface area contributed by atoms with Crippen molar-refractivity contribution >= 4 is 17.3 Å². The van der Waals surface area contributed by atoms with Crippen molar-refractivity contribution in [3.05, 3.63) is 48.2 Å². The average Bonchev–Trinajstić information content (AvgIpc) is 2.53. The van der Waals surface area contributed by atoms with Crippen LogP contribution in [0.4, 0.5) is 11.5 Å². The number of nitrogens with zero attached hydrogens (tertiary/aromatic N) is 3. The highest BCUT2D eigenvalue weighted by Crippen LogP contribution is 2.30. The molecule has 0 spiro atoms. The molecule has 0 unspecified atom stereocenters. The van der Waals surface area contributed by atoms with Gasteiger partial charge in [0.15, 0.2) is 5.84 Å². The smallest absolute Gasteiger partial charge is 0.171 e. The van der Waals surface area contributed by atoms with E-state index in [-0.39, 0.29) is 5.84 Å². The first kappa shape index (κ1) is 13.7. The summed E-state index contributed by atoms with van der Waals surface area (Å²) in [4.78, 5) is 6.20. The lowest BCUT2D eigenvalue weighted by Gasteiger charge is -2.20. The Kier molecular flexibility index (Phi) is 4.05. The van der Waals surface area contributed by atoms with Crippen molar-refractivity contribution in [2.45, 2.75) is 0 Å². The summed E-state index contributed by atoms with van der Waals surface area (Å²) in [6.07, 6.45) is 1.55. The fourth-order valence-corrected chi connectivity index (χ4v) is 1.82. The zero-order valence-corrected chi connectivity index (χ0v) is 11.3. The fraction of sp³-hybridized carbons (Fsp3) is 0.143. The number of benzene rings is 1. The van der Waals surface area contributed by atoms with Crippen molar-refractivity contribution in [1.82, 2.24) is 4.98 Å². The molecular formula is C14H16N4O2. The Morgan fingerprint density at radius 2 is 2.05 bits per heavy atom. The van der Waals surface area contributed by atoms with Gasteiger partial charge in [0, 0.05) is 18.8 Å². The number of rotatable bonds is 4. The van der Waals surface area contributed by atoms with E-state index in [1.807, 2.05) is 36.2 Å². The predicted molar refractivity (Wildman–Crippen MR) is 77.8 cm³/mol. The second-order valence-electron chi connectivity index (χ2n) is 4.12. The van der Waals surface area contributed by atoms with E-state index in [4.69, 9.17) is 15.7 Å². The molecule has 0 radical (unpaired) electrons. The Bertz CT molecular complexity index is 611. The molecule has 0 atom stereocenters. The molecule has 6 heteroatoms. The van der Waals surface area contributed by atoms with Crippen molar-refractivity contribution in [2.24, 2.45) is 10.9 Å². The number of para-hydroxylation sites is 2. The van der Waals surface area contributed by atoms with Crippen LogP contribution in [0.5, 0.6) is 5.75 Å². The molecule has 1 heterocycles. The van der Waals surface area contributed by atoms with Crippen LogP contribution in [0.1, 0.15) is 5.56 Å². The van der Waals surface area contributed by atoms with Gasteiger partial charge in [0.05, 0.1) is 12.8 Å². The number of ether oxygens (including phenoxy) is 1. The van der Waals surface area contributed by atoms with Crippen LogP contribution in [-0.4, -0.2) is 30.2 Å². The summed E-state index contributed by atoms with van der Waals surface area (Å²) < 4.78 is 5.33. The van der Waals surface area contributed by atoms with Gasteiger partial charge in [-0.1, -0.05) is 17.3 Å². The minimum absolute atomic E-state index is 0.0315. The van der Waals surface area contributed by atoms with E-state index in [1.54, 1.807) is 25.4 Å². The first-order chi connectivity index (χ1) is 9.67. The third kappa shape index (κ3) is 2.64. The highest BCUT2D eigenvalue weighted by molar-refractivity contribution is 5.96. The Morgan fingerprint density at radius 1 is 1.30 bits per heavy atom. The molecule has 0 saturated heterocycles. The third-order valence-corrected chi connectivity index (χ3v) is 2.94. The maximum atomic E-state index is 8.62. The zero-order valence-electron chi connectivity index (χ0n) is 11.3. The molecule has 0 aliphatic heterocycles. The quantitative estimate of drug-likeness (QED) is 0.384. The van der Waals surface area contributed by atoms with E-state index in [9.17, 15) is 0 Å². The van der Waals surface area contributed by atoms with Crippen LogP contribution >= 0.6 is 0 Å². The molecule has 104 valence electrons. The molecule has 3 N–H and O–H groups in total. The number of anilines is 2. The lowest BCUT2D eigenvalue weighted by atomic mass is 10.2. The van der Waals surface area contributed by atoms with Crippen molar-refractivity contribution in [3.8, 4) is 5.75 Å². The Balaban J connectivity index is 2.31. The van der Waals surface area contributed by atoms with Gasteiger partial charge < -0.3 is 20.6 Å². The number of methoxy groups -OCH3 is 1. The predicted octanol–water partition coefficient (Wildman–Crippen LogP) is 1.95. The maximum absolute atomic E-state index is 8.62. The SMILES string of the molecule is COc1ccccc1N(C)c1ccc(C(N)=NO)cn1. The van der Waals surface area contributed by atoms with Crippen molar-refractivity contribution in [2.75, 3.05) is 19.1 Å². The maximum Gasteiger partial charge on any atom is 0.171 e. The van der Waals surface area contributed by atoms with Gasteiger partial charge in [-0.3, -0.25) is 0 Å². The molecule has 0 fully saturated rings. The summed E-state index contributed by atoms with van der Waals surface area (Å²) in [7, 11) is 3.52. The van der Waals surface area contributed by atoms with Crippen LogP contribution in [0, 0.1) is 0 Å². The van der Waals surface area contributed by atoms with Gasteiger partial charge in [0.1, 0.15) is 11.6 Å². The molecule has 6 nitrogen and oxygen atoms in total. The molecule has 2 rings (SSSR count). The molecule has 2 aromatic rings. The Hall–Kier alpha value is -2.76. The normalized spacial score (nSPS) is 11.2. The molecule has 0 aliphatic carbocycles. The highest BCUT2D eigenvalue weighted by Gasteiger charge is 2.10. The molecule has 1 aromatic heterocycles. The number of oxime groups is 1. The summed E-state index contributed by atoms with van der Waals surface area (Å²) >= 11 is 0. The van der Waals surface area contributed by atoms with Crippen LogP contribution < -0.4 is 15.4 Å². The van der Waals surface area contributed by atoms with Crippen molar-refractivity contribution < 1.29 is 9.94 Å². The minimum Gasteiger partial charge on any atom is -0.495 e. The summed E-state index contributed by atoms with van der Waals surface area (Å²) in [6, 6.07) is 11.2. The molecule has 0 aliphatic rings. The number of amidine groups is 1. The second kappa shape index (κ2) is 5.92. The topological polar surface area (TPSA) is 84.0 Å². The number of pyridine rings is 1. The molecular weight excluding hydrogens is 256 g/mol. The molecule has 0 amide bonds. The summed E-state index contributed by atoms with van der Waals surface area (Å²) in [5.41, 5.74) is 6.97. The summed E-state index contributed by atoms with van der Waals surface area (Å²) in [6.45, 7) is 0. The molecule has 0 bridgehead atoms. The molecule has 0 saturated carbocycles. The van der Waals surface area contributed by atoms with E-state index in [1.165, 1.54) is 0 Å². The Morgan fingerprint density at radius 3 is 2.65 bits per heavy atom. The van der Waals surface area contributed by atoms with Crippen LogP contribution in [0.25, 0.3) is 0 Å².